The molecule has 0 amide bonds. The molecule has 0 unspecified atom stereocenters. The lowest BCUT2D eigenvalue weighted by molar-refractivity contribution is 0.277. The molecular weight excluding hydrogens is 416 g/mol. The van der Waals surface area contributed by atoms with Crippen molar-refractivity contribution in [3.05, 3.63) is 64.7 Å². The second-order valence-corrected chi connectivity index (χ2v) is 8.51. The van der Waals surface area contributed by atoms with E-state index in [0.717, 1.165) is 60.9 Å². The van der Waals surface area contributed by atoms with Gasteiger partial charge in [-0.2, -0.15) is 0 Å². The Morgan fingerprint density at radius 1 is 0.970 bits per heavy atom. The van der Waals surface area contributed by atoms with Crippen LogP contribution in [0.5, 0.6) is 0 Å². The molecule has 2 aromatic carbocycles. The van der Waals surface area contributed by atoms with Crippen molar-refractivity contribution in [3.63, 3.8) is 0 Å². The molecule has 1 N–H and O–H groups in total. The zero-order valence-corrected chi connectivity index (χ0v) is 18.6. The number of benzene rings is 2. The first kappa shape index (κ1) is 19.9. The minimum atomic E-state index is -0.0178. The average Bonchev–Trinajstić information content (AvgIpc) is 3.38. The molecule has 6 rings (SSSR count). The van der Waals surface area contributed by atoms with Crippen LogP contribution in [0, 0.1) is 0 Å². The second kappa shape index (κ2) is 8.00. The van der Waals surface area contributed by atoms with Crippen LogP contribution < -0.4 is 10.5 Å². The third kappa shape index (κ3) is 3.36. The molecule has 1 aliphatic rings. The van der Waals surface area contributed by atoms with Crippen molar-refractivity contribution in [2.24, 2.45) is 0 Å². The minimum Gasteiger partial charge on any atom is -0.341 e. The molecule has 5 aromatic rings. The van der Waals surface area contributed by atoms with Gasteiger partial charge in [-0.05, 0) is 37.6 Å². The number of para-hydroxylation sites is 3. The minimum absolute atomic E-state index is 0.0178. The van der Waals surface area contributed by atoms with E-state index in [1.165, 1.54) is 0 Å². The fraction of sp³-hybridized carbons (Fsp3) is 0.333. The summed E-state index contributed by atoms with van der Waals surface area (Å²) in [5.41, 5.74) is 2.91. The summed E-state index contributed by atoms with van der Waals surface area (Å²) in [7, 11) is 0. The van der Waals surface area contributed by atoms with E-state index >= 15 is 0 Å². The van der Waals surface area contributed by atoms with Gasteiger partial charge in [0, 0.05) is 32.7 Å². The smallest absolute Gasteiger partial charge is 0.262 e. The van der Waals surface area contributed by atoms with Gasteiger partial charge >= 0.3 is 0 Å². The molecule has 33 heavy (non-hydrogen) atoms. The zero-order valence-electron chi connectivity index (χ0n) is 18.6. The van der Waals surface area contributed by atoms with Crippen LogP contribution in [0.15, 0.2) is 53.3 Å². The SMILES string of the molecule is CCn1c(=O)c2ccccc2n2c(CN3CCCN(c4nc5ccccc5[nH]4)CC3)nnc12. The van der Waals surface area contributed by atoms with Gasteiger partial charge in [0.1, 0.15) is 0 Å². The predicted molar refractivity (Wildman–Crippen MR) is 129 cm³/mol. The van der Waals surface area contributed by atoms with E-state index in [2.05, 4.69) is 31.0 Å². The van der Waals surface area contributed by atoms with Crippen molar-refractivity contribution in [2.45, 2.75) is 26.4 Å². The molecule has 4 heterocycles. The Morgan fingerprint density at radius 3 is 2.70 bits per heavy atom. The first-order chi connectivity index (χ1) is 16.2. The maximum absolute atomic E-state index is 12.9. The topological polar surface area (TPSA) is 87.4 Å². The molecule has 9 nitrogen and oxygen atoms in total. The van der Waals surface area contributed by atoms with E-state index in [9.17, 15) is 4.79 Å². The third-order valence-corrected chi connectivity index (χ3v) is 6.52. The van der Waals surface area contributed by atoms with Crippen molar-refractivity contribution in [2.75, 3.05) is 31.1 Å². The molecule has 9 heteroatoms. The number of imidazole rings is 1. The van der Waals surface area contributed by atoms with Gasteiger partial charge in [0.05, 0.1) is 28.5 Å². The number of nitrogens with one attached hydrogen (secondary N) is 1. The monoisotopic (exact) mass is 442 g/mol. The molecule has 3 aromatic heterocycles. The number of fused-ring (bicyclic) bond motifs is 4. The van der Waals surface area contributed by atoms with Crippen LogP contribution in [-0.2, 0) is 13.1 Å². The Balaban J connectivity index is 1.29. The third-order valence-electron chi connectivity index (χ3n) is 6.52. The van der Waals surface area contributed by atoms with E-state index < -0.39 is 0 Å². The molecule has 1 saturated heterocycles. The van der Waals surface area contributed by atoms with Crippen LogP contribution in [0.2, 0.25) is 0 Å². The van der Waals surface area contributed by atoms with Crippen molar-refractivity contribution in [1.29, 1.82) is 0 Å². The van der Waals surface area contributed by atoms with Gasteiger partial charge in [-0.1, -0.05) is 24.3 Å². The Labute approximate surface area is 190 Å². The number of aryl methyl sites for hydroxylation is 1. The summed E-state index contributed by atoms with van der Waals surface area (Å²) in [6.45, 7) is 6.91. The predicted octanol–water partition coefficient (Wildman–Crippen LogP) is 2.65. The number of hydrogen-bond acceptors (Lipinski definition) is 6. The molecule has 0 aliphatic carbocycles. The molecule has 0 bridgehead atoms. The van der Waals surface area contributed by atoms with E-state index in [-0.39, 0.29) is 5.56 Å². The number of hydrogen-bond donors (Lipinski definition) is 1. The van der Waals surface area contributed by atoms with E-state index in [1.54, 1.807) is 4.57 Å². The number of anilines is 1. The normalized spacial score (nSPS) is 15.6. The lowest BCUT2D eigenvalue weighted by Gasteiger charge is -2.21. The summed E-state index contributed by atoms with van der Waals surface area (Å²) in [4.78, 5) is 25.9. The lowest BCUT2D eigenvalue weighted by atomic mass is 10.2. The van der Waals surface area contributed by atoms with E-state index in [1.807, 2.05) is 53.8 Å². The Kier molecular flexibility index (Phi) is 4.83. The lowest BCUT2D eigenvalue weighted by Crippen LogP contribution is -2.31. The Bertz CT molecular complexity index is 1480. The molecule has 1 fully saturated rings. The van der Waals surface area contributed by atoms with Crippen LogP contribution in [0.1, 0.15) is 19.2 Å². The summed E-state index contributed by atoms with van der Waals surface area (Å²) in [6, 6.07) is 15.9. The fourth-order valence-corrected chi connectivity index (χ4v) is 4.83. The molecule has 1 aliphatic heterocycles. The number of rotatable bonds is 4. The van der Waals surface area contributed by atoms with Gasteiger partial charge in [-0.25, -0.2) is 4.98 Å². The van der Waals surface area contributed by atoms with Crippen LogP contribution in [0.25, 0.3) is 27.7 Å². The summed E-state index contributed by atoms with van der Waals surface area (Å²) in [5.74, 6) is 2.40. The van der Waals surface area contributed by atoms with Gasteiger partial charge in [0.15, 0.2) is 5.82 Å². The quantitative estimate of drug-likeness (QED) is 0.461. The van der Waals surface area contributed by atoms with Crippen LogP contribution in [0.4, 0.5) is 5.95 Å². The summed E-state index contributed by atoms with van der Waals surface area (Å²) in [6.07, 6.45) is 1.04. The standard InChI is InChI=1S/C24H26N8O/c1-2-31-22(33)17-8-3-6-11-20(17)32-21(27-28-24(31)32)16-29-12-7-13-30(15-14-29)23-25-18-9-4-5-10-19(18)26-23/h3-6,8-11H,2,7,12-16H2,1H3,(H,25,26). The number of H-pyrrole nitrogens is 1. The average molecular weight is 443 g/mol. The molecule has 0 spiro atoms. The molecular formula is C24H26N8O. The fourth-order valence-electron chi connectivity index (χ4n) is 4.83. The Hall–Kier alpha value is -3.72. The molecule has 168 valence electrons. The van der Waals surface area contributed by atoms with E-state index in [4.69, 9.17) is 4.98 Å². The van der Waals surface area contributed by atoms with Crippen molar-refractivity contribution in [1.82, 2.24) is 34.0 Å². The van der Waals surface area contributed by atoms with Crippen LogP contribution in [-0.4, -0.2) is 60.2 Å². The first-order valence-electron chi connectivity index (χ1n) is 11.5. The Morgan fingerprint density at radius 2 is 1.82 bits per heavy atom. The maximum atomic E-state index is 12.9. The molecule has 0 atom stereocenters. The summed E-state index contributed by atoms with van der Waals surface area (Å²) in [5, 5.41) is 9.60. The van der Waals surface area contributed by atoms with Crippen LogP contribution in [0.3, 0.4) is 0 Å². The van der Waals surface area contributed by atoms with E-state index in [0.29, 0.717) is 24.3 Å². The highest BCUT2D eigenvalue weighted by molar-refractivity contribution is 5.80. The van der Waals surface area contributed by atoms with Crippen molar-refractivity contribution >= 4 is 33.7 Å². The van der Waals surface area contributed by atoms with Gasteiger partial charge < -0.3 is 9.88 Å². The highest BCUT2D eigenvalue weighted by Gasteiger charge is 2.21. The highest BCUT2D eigenvalue weighted by atomic mass is 16.1. The zero-order chi connectivity index (χ0) is 22.4. The second-order valence-electron chi connectivity index (χ2n) is 8.51. The summed E-state index contributed by atoms with van der Waals surface area (Å²) >= 11 is 0. The van der Waals surface area contributed by atoms with Crippen molar-refractivity contribution in [3.8, 4) is 0 Å². The summed E-state index contributed by atoms with van der Waals surface area (Å²) < 4.78 is 3.74. The number of aromatic nitrogens is 6. The largest absolute Gasteiger partial charge is 0.341 e. The van der Waals surface area contributed by atoms with Gasteiger partial charge in [-0.3, -0.25) is 18.7 Å². The molecule has 0 saturated carbocycles. The van der Waals surface area contributed by atoms with Gasteiger partial charge in [0.25, 0.3) is 5.56 Å². The van der Waals surface area contributed by atoms with Gasteiger partial charge in [-0.15, -0.1) is 10.2 Å². The number of aromatic amines is 1. The van der Waals surface area contributed by atoms with Crippen LogP contribution >= 0.6 is 0 Å². The number of nitrogens with zero attached hydrogens (tertiary/aromatic N) is 7. The first-order valence-corrected chi connectivity index (χ1v) is 11.5. The maximum Gasteiger partial charge on any atom is 0.262 e. The van der Waals surface area contributed by atoms with Gasteiger partial charge in [0.2, 0.25) is 11.7 Å². The van der Waals surface area contributed by atoms with Crippen molar-refractivity contribution < 1.29 is 0 Å². The molecule has 0 radical (unpaired) electrons. The highest BCUT2D eigenvalue weighted by Crippen LogP contribution is 2.20.